The van der Waals surface area contributed by atoms with E-state index >= 15 is 0 Å². The average molecular weight is 466 g/mol. The number of carbonyl (C=O) groups is 1. The normalized spacial score (nSPS) is 16.4. The maximum Gasteiger partial charge on any atom is 0.310 e. The van der Waals surface area contributed by atoms with Crippen LogP contribution in [0.1, 0.15) is 42.4 Å². The third-order valence-electron chi connectivity index (χ3n) is 4.94. The smallest absolute Gasteiger partial charge is 0.310 e. The number of sulfonamides is 1. The number of fused-ring (bicyclic) bond motifs is 1. The zero-order valence-electron chi connectivity index (χ0n) is 15.8. The van der Waals surface area contributed by atoms with Crippen LogP contribution in [0.4, 0.5) is 0 Å². The fourth-order valence-corrected chi connectivity index (χ4v) is 4.92. The van der Waals surface area contributed by atoms with E-state index in [9.17, 15) is 13.2 Å². The second kappa shape index (κ2) is 9.20. The van der Waals surface area contributed by atoms with E-state index in [-0.39, 0.29) is 23.2 Å². The Kier molecular flexibility index (Phi) is 6.91. The predicted molar refractivity (Wildman–Crippen MR) is 112 cm³/mol. The first-order valence-corrected chi connectivity index (χ1v) is 11.7. The molecule has 1 N–H and O–H groups in total. The third kappa shape index (κ3) is 5.21. The molecule has 0 heterocycles. The number of hydrogen-bond acceptors (Lipinski definition) is 4. The first-order chi connectivity index (χ1) is 13.4. The van der Waals surface area contributed by atoms with Crippen molar-refractivity contribution in [3.8, 4) is 0 Å². The van der Waals surface area contributed by atoms with Crippen LogP contribution in [-0.4, -0.2) is 27.5 Å². The van der Waals surface area contributed by atoms with Crippen LogP contribution in [0.25, 0.3) is 0 Å². The van der Waals surface area contributed by atoms with Gasteiger partial charge < -0.3 is 4.74 Å². The summed E-state index contributed by atoms with van der Waals surface area (Å²) < 4.78 is 33.7. The molecule has 1 aliphatic carbocycles. The van der Waals surface area contributed by atoms with Crippen molar-refractivity contribution < 1.29 is 17.9 Å². The minimum Gasteiger partial charge on any atom is -0.466 e. The van der Waals surface area contributed by atoms with Gasteiger partial charge in [-0.15, -0.1) is 0 Å². The SMILES string of the molecule is CCOC(=O)Cc1ccc2c(c1)CCCC2CNS(=O)(=O)c1ccc(Br)cc1. The molecular weight excluding hydrogens is 442 g/mol. The Morgan fingerprint density at radius 3 is 2.68 bits per heavy atom. The molecule has 1 aliphatic rings. The predicted octanol–water partition coefficient (Wildman–Crippen LogP) is 3.95. The molecule has 2 aromatic carbocycles. The van der Waals surface area contributed by atoms with E-state index in [4.69, 9.17) is 4.74 Å². The first-order valence-electron chi connectivity index (χ1n) is 9.41. The highest BCUT2D eigenvalue weighted by Gasteiger charge is 2.23. The average Bonchev–Trinajstić information content (AvgIpc) is 2.66. The van der Waals surface area contributed by atoms with Crippen LogP contribution in [0.15, 0.2) is 51.8 Å². The lowest BCUT2D eigenvalue weighted by Crippen LogP contribution is -2.30. The van der Waals surface area contributed by atoms with Gasteiger partial charge in [0.25, 0.3) is 0 Å². The molecule has 0 spiro atoms. The molecule has 1 unspecified atom stereocenters. The molecular formula is C21H24BrNO4S. The van der Waals surface area contributed by atoms with Crippen LogP contribution in [0.3, 0.4) is 0 Å². The van der Waals surface area contributed by atoms with E-state index < -0.39 is 10.0 Å². The van der Waals surface area contributed by atoms with Crippen LogP contribution >= 0.6 is 15.9 Å². The number of aryl methyl sites for hydroxylation is 1. The van der Waals surface area contributed by atoms with Gasteiger partial charge in [0.1, 0.15) is 0 Å². The molecule has 1 atom stereocenters. The van der Waals surface area contributed by atoms with Crippen molar-refractivity contribution in [3.05, 3.63) is 63.6 Å². The second-order valence-electron chi connectivity index (χ2n) is 6.91. The fourth-order valence-electron chi connectivity index (χ4n) is 3.58. The molecule has 0 aliphatic heterocycles. The highest BCUT2D eigenvalue weighted by Crippen LogP contribution is 2.32. The molecule has 0 fully saturated rings. The minimum absolute atomic E-state index is 0.130. The Morgan fingerprint density at radius 1 is 1.21 bits per heavy atom. The quantitative estimate of drug-likeness (QED) is 0.628. The van der Waals surface area contributed by atoms with Crippen molar-refractivity contribution in [1.82, 2.24) is 4.72 Å². The van der Waals surface area contributed by atoms with Gasteiger partial charge in [-0.3, -0.25) is 4.79 Å². The van der Waals surface area contributed by atoms with Crippen molar-refractivity contribution in [2.45, 2.75) is 43.4 Å². The zero-order valence-corrected chi connectivity index (χ0v) is 18.2. The van der Waals surface area contributed by atoms with Gasteiger partial charge in [0.2, 0.25) is 10.0 Å². The van der Waals surface area contributed by atoms with E-state index in [1.54, 1.807) is 31.2 Å². The number of carbonyl (C=O) groups excluding carboxylic acids is 1. The molecule has 0 bridgehead atoms. The molecule has 0 amide bonds. The fraction of sp³-hybridized carbons (Fsp3) is 0.381. The molecule has 0 saturated heterocycles. The van der Waals surface area contributed by atoms with Gasteiger partial charge in [-0.05, 0) is 73.1 Å². The number of benzene rings is 2. The largest absolute Gasteiger partial charge is 0.466 e. The molecule has 0 radical (unpaired) electrons. The Labute approximate surface area is 174 Å². The number of hydrogen-bond donors (Lipinski definition) is 1. The Hall–Kier alpha value is -1.70. The molecule has 2 aromatic rings. The highest BCUT2D eigenvalue weighted by molar-refractivity contribution is 9.10. The van der Waals surface area contributed by atoms with Crippen molar-refractivity contribution in [2.24, 2.45) is 0 Å². The van der Waals surface area contributed by atoms with Crippen molar-refractivity contribution in [2.75, 3.05) is 13.2 Å². The van der Waals surface area contributed by atoms with Gasteiger partial charge in [0.05, 0.1) is 17.9 Å². The second-order valence-corrected chi connectivity index (χ2v) is 9.59. The van der Waals surface area contributed by atoms with Crippen LogP contribution in [-0.2, 0) is 32.4 Å². The molecule has 5 nitrogen and oxygen atoms in total. The number of esters is 1. The zero-order chi connectivity index (χ0) is 20.1. The molecule has 28 heavy (non-hydrogen) atoms. The molecule has 3 rings (SSSR count). The summed E-state index contributed by atoms with van der Waals surface area (Å²) in [4.78, 5) is 12.0. The van der Waals surface area contributed by atoms with Gasteiger partial charge in [-0.2, -0.15) is 0 Å². The molecule has 150 valence electrons. The Morgan fingerprint density at radius 2 is 1.96 bits per heavy atom. The van der Waals surface area contributed by atoms with Gasteiger partial charge in [0, 0.05) is 11.0 Å². The Bertz CT molecular complexity index is 941. The van der Waals surface area contributed by atoms with E-state index in [1.165, 1.54) is 5.56 Å². The van der Waals surface area contributed by atoms with E-state index in [1.807, 2.05) is 12.1 Å². The summed E-state index contributed by atoms with van der Waals surface area (Å²) in [6, 6.07) is 12.6. The Balaban J connectivity index is 1.70. The van der Waals surface area contributed by atoms with Crippen molar-refractivity contribution in [1.29, 1.82) is 0 Å². The van der Waals surface area contributed by atoms with E-state index in [0.29, 0.717) is 13.2 Å². The van der Waals surface area contributed by atoms with E-state index in [0.717, 1.165) is 34.9 Å². The first kappa shape index (κ1) is 21.0. The number of ether oxygens (including phenoxy) is 1. The lowest BCUT2D eigenvalue weighted by Gasteiger charge is -2.26. The lowest BCUT2D eigenvalue weighted by atomic mass is 9.82. The van der Waals surface area contributed by atoms with Crippen LogP contribution < -0.4 is 4.72 Å². The summed E-state index contributed by atoms with van der Waals surface area (Å²) >= 11 is 3.32. The molecule has 0 saturated carbocycles. The highest BCUT2D eigenvalue weighted by atomic mass is 79.9. The van der Waals surface area contributed by atoms with Crippen LogP contribution in [0.2, 0.25) is 0 Å². The maximum atomic E-state index is 12.6. The van der Waals surface area contributed by atoms with Crippen LogP contribution in [0, 0.1) is 0 Å². The van der Waals surface area contributed by atoms with Crippen molar-refractivity contribution in [3.63, 3.8) is 0 Å². The molecule has 0 aromatic heterocycles. The van der Waals surface area contributed by atoms with Crippen molar-refractivity contribution >= 4 is 31.9 Å². The summed E-state index contributed by atoms with van der Waals surface area (Å²) in [5, 5.41) is 0. The lowest BCUT2D eigenvalue weighted by molar-refractivity contribution is -0.142. The summed E-state index contributed by atoms with van der Waals surface area (Å²) in [5.74, 6) is -0.0947. The maximum absolute atomic E-state index is 12.6. The summed E-state index contributed by atoms with van der Waals surface area (Å²) in [7, 11) is -3.54. The number of halogens is 1. The topological polar surface area (TPSA) is 72.5 Å². The minimum atomic E-state index is -3.54. The number of nitrogens with one attached hydrogen (secondary N) is 1. The monoisotopic (exact) mass is 465 g/mol. The standard InChI is InChI=1S/C21H24BrNO4S/c1-2-27-21(24)13-15-6-11-20-16(12-15)4-3-5-17(20)14-23-28(25,26)19-9-7-18(22)8-10-19/h6-12,17,23H,2-5,13-14H2,1H3. The van der Waals surface area contributed by atoms with Crippen LogP contribution in [0.5, 0.6) is 0 Å². The van der Waals surface area contributed by atoms with E-state index in [2.05, 4.69) is 26.7 Å². The van der Waals surface area contributed by atoms with Gasteiger partial charge in [-0.1, -0.05) is 34.1 Å². The van der Waals surface area contributed by atoms with Gasteiger partial charge in [0.15, 0.2) is 0 Å². The van der Waals surface area contributed by atoms with Gasteiger partial charge >= 0.3 is 5.97 Å². The molecule has 7 heteroatoms. The number of rotatable bonds is 7. The summed E-state index contributed by atoms with van der Waals surface area (Å²) in [6.07, 6.45) is 3.15. The summed E-state index contributed by atoms with van der Waals surface area (Å²) in [5.41, 5.74) is 3.30. The van der Waals surface area contributed by atoms with Gasteiger partial charge in [-0.25, -0.2) is 13.1 Å². The summed E-state index contributed by atoms with van der Waals surface area (Å²) in [6.45, 7) is 2.54. The third-order valence-corrected chi connectivity index (χ3v) is 6.91.